The van der Waals surface area contributed by atoms with Crippen LogP contribution >= 0.6 is 0 Å². The molecule has 0 atom stereocenters. The molecule has 0 fully saturated rings. The summed E-state index contributed by atoms with van der Waals surface area (Å²) in [7, 11) is 0. The fraction of sp³-hybridized carbons (Fsp3) is 0.286. The molecule has 0 aliphatic rings. The first-order valence-electron chi connectivity index (χ1n) is 6.13. The summed E-state index contributed by atoms with van der Waals surface area (Å²) >= 11 is 0. The van der Waals surface area contributed by atoms with E-state index in [2.05, 4.69) is 5.32 Å². The van der Waals surface area contributed by atoms with Gasteiger partial charge in [0.15, 0.2) is 5.76 Å². The summed E-state index contributed by atoms with van der Waals surface area (Å²) in [5.74, 6) is -0.419. The lowest BCUT2D eigenvalue weighted by atomic mass is 10.2. The number of hydrogen-bond acceptors (Lipinski definition) is 4. The van der Waals surface area contributed by atoms with Crippen molar-refractivity contribution in [2.45, 2.75) is 13.3 Å². The summed E-state index contributed by atoms with van der Waals surface area (Å²) in [6.45, 7) is 2.32. The molecule has 0 aliphatic heterocycles. The van der Waals surface area contributed by atoms with Gasteiger partial charge in [-0.3, -0.25) is 9.59 Å². The van der Waals surface area contributed by atoms with Crippen LogP contribution in [0.5, 0.6) is 0 Å². The average Bonchev–Trinajstić information content (AvgIpc) is 2.82. The van der Waals surface area contributed by atoms with Gasteiger partial charge in [-0.05, 0) is 19.1 Å². The number of fused-ring (bicyclic) bond motifs is 1. The van der Waals surface area contributed by atoms with Crippen LogP contribution in [0.1, 0.15) is 23.9 Å². The number of carbonyl (C=O) groups excluding carboxylic acids is 2. The van der Waals surface area contributed by atoms with Crippen LogP contribution < -0.4 is 5.32 Å². The molecular formula is C14H15NO4. The van der Waals surface area contributed by atoms with Crippen LogP contribution in [0.2, 0.25) is 0 Å². The van der Waals surface area contributed by atoms with Crippen molar-refractivity contribution in [2.24, 2.45) is 0 Å². The maximum atomic E-state index is 11.8. The fourth-order valence-corrected chi connectivity index (χ4v) is 1.69. The van der Waals surface area contributed by atoms with Crippen LogP contribution in [0.3, 0.4) is 0 Å². The van der Waals surface area contributed by atoms with Crippen LogP contribution in [0.15, 0.2) is 34.7 Å². The molecule has 5 nitrogen and oxygen atoms in total. The van der Waals surface area contributed by atoms with Crippen LogP contribution in [-0.4, -0.2) is 25.0 Å². The standard InChI is InChI=1S/C14H15NO4/c1-2-18-13(16)7-8-15-14(17)12-9-10-5-3-4-6-11(10)19-12/h3-6,9H,2,7-8H2,1H3,(H,15,17). The Hall–Kier alpha value is -2.30. The number of nitrogens with one attached hydrogen (secondary N) is 1. The third-order valence-corrected chi connectivity index (χ3v) is 2.57. The van der Waals surface area contributed by atoms with E-state index in [0.717, 1.165) is 5.39 Å². The monoisotopic (exact) mass is 261 g/mol. The van der Waals surface area contributed by atoms with Gasteiger partial charge in [0.2, 0.25) is 0 Å². The van der Waals surface area contributed by atoms with Crippen molar-refractivity contribution in [3.63, 3.8) is 0 Å². The van der Waals surface area contributed by atoms with Crippen molar-refractivity contribution in [3.05, 3.63) is 36.1 Å². The van der Waals surface area contributed by atoms with E-state index < -0.39 is 0 Å². The first-order chi connectivity index (χ1) is 9.20. The maximum Gasteiger partial charge on any atom is 0.307 e. The van der Waals surface area contributed by atoms with Crippen LogP contribution in [-0.2, 0) is 9.53 Å². The molecule has 0 spiro atoms. The van der Waals surface area contributed by atoms with E-state index in [1.54, 1.807) is 19.1 Å². The summed E-state index contributed by atoms with van der Waals surface area (Å²) in [6, 6.07) is 9.06. The molecule has 0 saturated carbocycles. The fourth-order valence-electron chi connectivity index (χ4n) is 1.69. The van der Waals surface area contributed by atoms with Gasteiger partial charge in [-0.2, -0.15) is 0 Å². The zero-order chi connectivity index (χ0) is 13.7. The van der Waals surface area contributed by atoms with Crippen LogP contribution in [0.4, 0.5) is 0 Å². The van der Waals surface area contributed by atoms with Crippen molar-refractivity contribution in [2.75, 3.05) is 13.2 Å². The molecule has 1 N–H and O–H groups in total. The highest BCUT2D eigenvalue weighted by atomic mass is 16.5. The molecule has 2 aromatic rings. The molecule has 1 heterocycles. The minimum absolute atomic E-state index is 0.153. The van der Waals surface area contributed by atoms with Crippen molar-refractivity contribution in [1.29, 1.82) is 0 Å². The molecule has 19 heavy (non-hydrogen) atoms. The second-order valence-corrected chi connectivity index (χ2v) is 3.96. The van der Waals surface area contributed by atoms with Gasteiger partial charge >= 0.3 is 5.97 Å². The molecule has 100 valence electrons. The van der Waals surface area contributed by atoms with E-state index in [9.17, 15) is 9.59 Å². The molecule has 1 aromatic heterocycles. The Morgan fingerprint density at radius 2 is 2.11 bits per heavy atom. The zero-order valence-corrected chi connectivity index (χ0v) is 10.6. The summed E-state index contributed by atoms with van der Waals surface area (Å²) in [5, 5.41) is 3.49. The summed E-state index contributed by atoms with van der Waals surface area (Å²) in [4.78, 5) is 22.9. The Labute approximate surface area is 110 Å². The maximum absolute atomic E-state index is 11.8. The molecule has 0 saturated heterocycles. The predicted octanol–water partition coefficient (Wildman–Crippen LogP) is 2.12. The Balaban J connectivity index is 1.91. The molecule has 1 aromatic carbocycles. The first kappa shape index (κ1) is 13.1. The number of esters is 1. The molecule has 0 bridgehead atoms. The topological polar surface area (TPSA) is 68.5 Å². The summed E-state index contributed by atoms with van der Waals surface area (Å²) in [5.41, 5.74) is 0.665. The van der Waals surface area contributed by atoms with Gasteiger partial charge in [0.25, 0.3) is 5.91 Å². The minimum Gasteiger partial charge on any atom is -0.466 e. The van der Waals surface area contributed by atoms with Gasteiger partial charge in [0.05, 0.1) is 13.0 Å². The average molecular weight is 261 g/mol. The number of amides is 1. The lowest BCUT2D eigenvalue weighted by Crippen LogP contribution is -2.26. The normalized spacial score (nSPS) is 10.4. The Kier molecular flexibility index (Phi) is 4.18. The van der Waals surface area contributed by atoms with Crippen molar-refractivity contribution in [3.8, 4) is 0 Å². The smallest absolute Gasteiger partial charge is 0.307 e. The van der Waals surface area contributed by atoms with E-state index in [1.165, 1.54) is 0 Å². The number of benzene rings is 1. The third kappa shape index (κ3) is 3.34. The van der Waals surface area contributed by atoms with E-state index >= 15 is 0 Å². The highest BCUT2D eigenvalue weighted by molar-refractivity contribution is 5.96. The molecule has 5 heteroatoms. The van der Waals surface area contributed by atoms with E-state index in [4.69, 9.17) is 9.15 Å². The SMILES string of the molecule is CCOC(=O)CCNC(=O)c1cc2ccccc2o1. The van der Waals surface area contributed by atoms with Gasteiger partial charge in [-0.1, -0.05) is 18.2 Å². The highest BCUT2D eigenvalue weighted by Gasteiger charge is 2.12. The number of rotatable bonds is 5. The first-order valence-corrected chi connectivity index (χ1v) is 6.13. The largest absolute Gasteiger partial charge is 0.466 e. The Bertz CT molecular complexity index is 555. The Morgan fingerprint density at radius 1 is 1.32 bits per heavy atom. The lowest BCUT2D eigenvalue weighted by Gasteiger charge is -2.02. The number of carbonyl (C=O) groups is 2. The van der Waals surface area contributed by atoms with Gasteiger partial charge in [0.1, 0.15) is 5.58 Å². The van der Waals surface area contributed by atoms with Gasteiger partial charge in [-0.25, -0.2) is 0 Å². The number of furan rings is 1. The van der Waals surface area contributed by atoms with Crippen molar-refractivity contribution >= 4 is 22.8 Å². The number of ether oxygens (including phenoxy) is 1. The molecular weight excluding hydrogens is 246 g/mol. The van der Waals surface area contributed by atoms with Crippen molar-refractivity contribution in [1.82, 2.24) is 5.32 Å². The van der Waals surface area contributed by atoms with Gasteiger partial charge in [-0.15, -0.1) is 0 Å². The highest BCUT2D eigenvalue weighted by Crippen LogP contribution is 2.18. The Morgan fingerprint density at radius 3 is 2.84 bits per heavy atom. The molecule has 0 aliphatic carbocycles. The predicted molar refractivity (Wildman–Crippen MR) is 69.8 cm³/mol. The van der Waals surface area contributed by atoms with Gasteiger partial charge < -0.3 is 14.5 Å². The van der Waals surface area contributed by atoms with Crippen molar-refractivity contribution < 1.29 is 18.7 Å². The second kappa shape index (κ2) is 6.04. The lowest BCUT2D eigenvalue weighted by molar-refractivity contribution is -0.142. The summed E-state index contributed by atoms with van der Waals surface area (Å²) < 4.78 is 10.2. The zero-order valence-electron chi connectivity index (χ0n) is 10.6. The minimum atomic E-state index is -0.333. The van der Waals surface area contributed by atoms with Gasteiger partial charge in [0, 0.05) is 11.9 Å². The van der Waals surface area contributed by atoms with E-state index in [1.807, 2.05) is 18.2 Å². The molecule has 2 rings (SSSR count). The second-order valence-electron chi connectivity index (χ2n) is 3.96. The van der Waals surface area contributed by atoms with E-state index in [0.29, 0.717) is 12.2 Å². The quantitative estimate of drug-likeness (QED) is 0.837. The molecule has 0 radical (unpaired) electrons. The van der Waals surface area contributed by atoms with Crippen LogP contribution in [0, 0.1) is 0 Å². The van der Waals surface area contributed by atoms with E-state index in [-0.39, 0.29) is 30.6 Å². The van der Waals surface area contributed by atoms with Crippen LogP contribution in [0.25, 0.3) is 11.0 Å². The molecule has 1 amide bonds. The summed E-state index contributed by atoms with van der Waals surface area (Å²) in [6.07, 6.45) is 0.153. The number of hydrogen-bond donors (Lipinski definition) is 1. The number of para-hydroxylation sites is 1. The molecule has 0 unspecified atom stereocenters. The third-order valence-electron chi connectivity index (χ3n) is 2.57.